The molecule has 0 radical (unpaired) electrons. The molecule has 0 saturated carbocycles. The molecule has 0 aromatic heterocycles. The molecule has 1 rings (SSSR count). The molecule has 216 valence electrons. The maximum absolute atomic E-state index is 13.3. The summed E-state index contributed by atoms with van der Waals surface area (Å²) in [6.45, 7) is 0.180. The second kappa shape index (κ2) is 17.6. The van der Waals surface area contributed by atoms with Gasteiger partial charge in [-0.05, 0) is 36.8 Å². The fourth-order valence-corrected chi connectivity index (χ4v) is 3.90. The zero-order valence-corrected chi connectivity index (χ0v) is 22.5. The smallest absolute Gasteiger partial charge is 0.326 e. The highest BCUT2D eigenvalue weighted by molar-refractivity contribution is 7.98. The highest BCUT2D eigenvalue weighted by atomic mass is 32.2. The zero-order valence-electron chi connectivity index (χ0n) is 21.7. The van der Waals surface area contributed by atoms with Crippen molar-refractivity contribution in [3.63, 3.8) is 0 Å². The summed E-state index contributed by atoms with van der Waals surface area (Å²) in [6.07, 6.45) is 1.74. The predicted molar refractivity (Wildman–Crippen MR) is 147 cm³/mol. The summed E-state index contributed by atoms with van der Waals surface area (Å²) in [5.74, 6) is -4.46. The van der Waals surface area contributed by atoms with E-state index in [-0.39, 0.29) is 31.8 Å². The Kier molecular flexibility index (Phi) is 15.0. The van der Waals surface area contributed by atoms with Crippen LogP contribution in [0.1, 0.15) is 31.2 Å². The molecule has 0 spiro atoms. The summed E-state index contributed by atoms with van der Waals surface area (Å²) in [5, 5.41) is 26.0. The van der Waals surface area contributed by atoms with Gasteiger partial charge in [-0.15, -0.1) is 0 Å². The van der Waals surface area contributed by atoms with Crippen molar-refractivity contribution < 1.29 is 34.2 Å². The molecule has 4 atom stereocenters. The quantitative estimate of drug-likeness (QED) is 0.0568. The molecule has 15 heteroatoms. The number of nitrogens with one attached hydrogen (secondary N) is 3. The second-order valence-electron chi connectivity index (χ2n) is 8.65. The van der Waals surface area contributed by atoms with Gasteiger partial charge in [-0.1, -0.05) is 30.3 Å². The number of carboxylic acid groups (broad SMARTS) is 2. The van der Waals surface area contributed by atoms with Crippen molar-refractivity contribution in [3.05, 3.63) is 35.9 Å². The Balaban J connectivity index is 3.04. The van der Waals surface area contributed by atoms with Crippen molar-refractivity contribution in [2.75, 3.05) is 18.6 Å². The van der Waals surface area contributed by atoms with Gasteiger partial charge in [0.25, 0.3) is 0 Å². The first kappa shape index (κ1) is 33.2. The number of hydrogen-bond acceptors (Lipinski definition) is 8. The Morgan fingerprint density at radius 3 is 2.05 bits per heavy atom. The molecule has 11 N–H and O–H groups in total. The van der Waals surface area contributed by atoms with E-state index >= 15 is 0 Å². The van der Waals surface area contributed by atoms with Gasteiger partial charge in [-0.2, -0.15) is 11.8 Å². The van der Waals surface area contributed by atoms with Crippen LogP contribution in [-0.2, 0) is 30.4 Å². The number of nitrogens with two attached hydrogens (primary N) is 3. The van der Waals surface area contributed by atoms with E-state index in [4.69, 9.17) is 22.3 Å². The van der Waals surface area contributed by atoms with E-state index < -0.39 is 60.2 Å². The van der Waals surface area contributed by atoms with Crippen LogP contribution in [0.2, 0.25) is 0 Å². The fourth-order valence-electron chi connectivity index (χ4n) is 3.43. The Morgan fingerprint density at radius 1 is 0.897 bits per heavy atom. The van der Waals surface area contributed by atoms with Crippen LogP contribution in [0.25, 0.3) is 0 Å². The van der Waals surface area contributed by atoms with E-state index in [1.165, 1.54) is 11.8 Å². The Labute approximate surface area is 230 Å². The van der Waals surface area contributed by atoms with Gasteiger partial charge in [0, 0.05) is 13.0 Å². The third kappa shape index (κ3) is 13.5. The number of carboxylic acids is 2. The van der Waals surface area contributed by atoms with Crippen LogP contribution in [-0.4, -0.2) is 88.6 Å². The van der Waals surface area contributed by atoms with Gasteiger partial charge < -0.3 is 43.4 Å². The number of rotatable bonds is 18. The van der Waals surface area contributed by atoms with Crippen LogP contribution >= 0.6 is 11.8 Å². The number of carbonyl (C=O) groups is 5. The first-order valence-corrected chi connectivity index (χ1v) is 13.5. The zero-order chi connectivity index (χ0) is 29.4. The number of nitrogens with zero attached hydrogens (tertiary/aromatic N) is 1. The molecule has 1 aromatic rings. The monoisotopic (exact) mass is 567 g/mol. The predicted octanol–water partition coefficient (Wildman–Crippen LogP) is -1.62. The van der Waals surface area contributed by atoms with Gasteiger partial charge >= 0.3 is 11.9 Å². The summed E-state index contributed by atoms with van der Waals surface area (Å²) < 4.78 is 0. The Hall–Kier alpha value is -3.85. The number of benzene rings is 1. The molecular weight excluding hydrogens is 530 g/mol. The molecule has 39 heavy (non-hydrogen) atoms. The maximum atomic E-state index is 13.3. The third-order valence-electron chi connectivity index (χ3n) is 5.45. The van der Waals surface area contributed by atoms with Gasteiger partial charge in [0.1, 0.15) is 18.1 Å². The summed E-state index contributed by atoms with van der Waals surface area (Å²) in [6, 6.07) is 3.83. The van der Waals surface area contributed by atoms with Crippen LogP contribution in [0.4, 0.5) is 0 Å². The molecule has 0 saturated heterocycles. The van der Waals surface area contributed by atoms with Gasteiger partial charge in [-0.3, -0.25) is 24.2 Å². The van der Waals surface area contributed by atoms with Crippen molar-refractivity contribution in [1.29, 1.82) is 0 Å². The number of aliphatic carboxylic acids is 2. The summed E-state index contributed by atoms with van der Waals surface area (Å²) in [7, 11) is 0. The molecule has 0 aliphatic carbocycles. The van der Waals surface area contributed by atoms with Crippen molar-refractivity contribution in [2.45, 2.75) is 56.3 Å². The molecule has 0 bridgehead atoms. The molecular formula is C24H37N7O7S. The first-order chi connectivity index (χ1) is 18.4. The van der Waals surface area contributed by atoms with E-state index in [9.17, 15) is 29.1 Å². The molecule has 4 unspecified atom stereocenters. The van der Waals surface area contributed by atoms with Crippen molar-refractivity contribution in [2.24, 2.45) is 22.2 Å². The highest BCUT2D eigenvalue weighted by Gasteiger charge is 2.30. The van der Waals surface area contributed by atoms with E-state index in [0.717, 1.165) is 0 Å². The van der Waals surface area contributed by atoms with Crippen molar-refractivity contribution >= 4 is 47.4 Å². The largest absolute Gasteiger partial charge is 0.481 e. The SMILES string of the molecule is CSCCC(NC(=O)C(Cc1ccccc1)NC(=O)C(N)CC(=O)O)C(=O)NC(CCCN=C(N)N)C(=O)O. The van der Waals surface area contributed by atoms with E-state index in [1.54, 1.807) is 30.3 Å². The number of aliphatic imine (C=N–C) groups is 1. The molecule has 0 heterocycles. The maximum Gasteiger partial charge on any atom is 0.326 e. The number of amides is 3. The van der Waals surface area contributed by atoms with Crippen molar-refractivity contribution in [3.8, 4) is 0 Å². The topological polar surface area (TPSA) is 252 Å². The van der Waals surface area contributed by atoms with E-state index in [0.29, 0.717) is 17.7 Å². The fraction of sp³-hybridized carbons (Fsp3) is 0.500. The average molecular weight is 568 g/mol. The standard InChI is InChI=1S/C24H37N7O7S/c1-39-11-9-16(21(35)30-17(23(37)38)8-5-10-28-24(26)27)29-22(36)18(12-14-6-3-2-4-7-14)31-20(34)15(25)13-19(32)33/h2-4,6-7,15-18H,5,8-13,25H2,1H3,(H,29,36)(H,30,35)(H,31,34)(H,32,33)(H,37,38)(H4,26,27,28). The first-order valence-electron chi connectivity index (χ1n) is 12.1. The highest BCUT2D eigenvalue weighted by Crippen LogP contribution is 2.08. The van der Waals surface area contributed by atoms with Crippen LogP contribution < -0.4 is 33.2 Å². The average Bonchev–Trinajstić information content (AvgIpc) is 2.87. The molecule has 0 aliphatic heterocycles. The van der Waals surface area contributed by atoms with Crippen LogP contribution in [0, 0.1) is 0 Å². The normalized spacial score (nSPS) is 13.7. The Morgan fingerprint density at radius 2 is 1.49 bits per heavy atom. The van der Waals surface area contributed by atoms with E-state index in [2.05, 4.69) is 20.9 Å². The third-order valence-corrected chi connectivity index (χ3v) is 6.09. The number of hydrogen-bond donors (Lipinski definition) is 8. The van der Waals surface area contributed by atoms with Gasteiger partial charge in [0.05, 0.1) is 12.5 Å². The van der Waals surface area contributed by atoms with Crippen LogP contribution in [0.15, 0.2) is 35.3 Å². The lowest BCUT2D eigenvalue weighted by atomic mass is 10.0. The van der Waals surface area contributed by atoms with Gasteiger partial charge in [-0.25, -0.2) is 4.79 Å². The minimum atomic E-state index is -1.39. The number of thioether (sulfide) groups is 1. The lowest BCUT2D eigenvalue weighted by Crippen LogP contribution is -2.57. The molecule has 14 nitrogen and oxygen atoms in total. The molecule has 0 aliphatic rings. The molecule has 3 amide bonds. The lowest BCUT2D eigenvalue weighted by molar-refractivity contribution is -0.142. The van der Waals surface area contributed by atoms with Crippen molar-refractivity contribution in [1.82, 2.24) is 16.0 Å². The van der Waals surface area contributed by atoms with E-state index in [1.807, 2.05) is 6.26 Å². The minimum absolute atomic E-state index is 0.0393. The molecule has 1 aromatic carbocycles. The Bertz CT molecular complexity index is 1010. The number of carbonyl (C=O) groups excluding carboxylic acids is 3. The number of guanidine groups is 1. The summed E-state index contributed by atoms with van der Waals surface area (Å²) in [4.78, 5) is 65.3. The summed E-state index contributed by atoms with van der Waals surface area (Å²) in [5.41, 5.74) is 16.9. The minimum Gasteiger partial charge on any atom is -0.481 e. The van der Waals surface area contributed by atoms with Gasteiger partial charge in [0.15, 0.2) is 5.96 Å². The van der Waals surface area contributed by atoms with Crippen LogP contribution in [0.3, 0.4) is 0 Å². The lowest BCUT2D eigenvalue weighted by Gasteiger charge is -2.25. The van der Waals surface area contributed by atoms with Gasteiger partial charge in [0.2, 0.25) is 17.7 Å². The molecule has 0 fully saturated rings. The van der Waals surface area contributed by atoms with Crippen LogP contribution in [0.5, 0.6) is 0 Å². The summed E-state index contributed by atoms with van der Waals surface area (Å²) >= 11 is 1.42. The second-order valence-corrected chi connectivity index (χ2v) is 9.63.